The van der Waals surface area contributed by atoms with Crippen molar-refractivity contribution in [2.45, 2.75) is 32.2 Å². The largest absolute Gasteiger partial charge is 0.370 e. The minimum atomic E-state index is -0.205. The van der Waals surface area contributed by atoms with Crippen molar-refractivity contribution in [2.75, 3.05) is 57.8 Å². The fraction of sp³-hybridized carbons (Fsp3) is 0.636. The molecule has 0 spiro atoms. The lowest BCUT2D eigenvalue weighted by atomic mass is 9.95. The number of nitrogens with two attached hydrogens (primary N) is 1. The molecule has 8 heteroatoms. The van der Waals surface area contributed by atoms with Gasteiger partial charge in [0.05, 0.1) is 0 Å². The van der Waals surface area contributed by atoms with E-state index in [1.165, 1.54) is 5.69 Å². The number of nitrogens with zero attached hydrogens (tertiary/aromatic N) is 4. The molecule has 2 atom stereocenters. The predicted molar refractivity (Wildman–Crippen MR) is 135 cm³/mol. The number of anilines is 1. The smallest absolute Gasteiger partial charge is 0.217 e. The van der Waals surface area contributed by atoms with E-state index in [9.17, 15) is 4.79 Å². The highest BCUT2D eigenvalue weighted by atomic mass is 127. The summed E-state index contributed by atoms with van der Waals surface area (Å²) < 4.78 is 0. The van der Waals surface area contributed by atoms with Gasteiger partial charge >= 0.3 is 0 Å². The van der Waals surface area contributed by atoms with Crippen molar-refractivity contribution in [1.82, 2.24) is 15.1 Å². The van der Waals surface area contributed by atoms with Gasteiger partial charge < -0.3 is 20.9 Å². The highest BCUT2D eigenvalue weighted by Gasteiger charge is 2.25. The Kier molecular flexibility index (Phi) is 10.2. The lowest BCUT2D eigenvalue weighted by molar-refractivity contribution is -0.119. The van der Waals surface area contributed by atoms with Crippen LogP contribution in [0.2, 0.25) is 0 Å². The summed E-state index contributed by atoms with van der Waals surface area (Å²) in [5.41, 5.74) is 6.71. The van der Waals surface area contributed by atoms with E-state index in [1.807, 2.05) is 7.05 Å². The minimum absolute atomic E-state index is 0. The van der Waals surface area contributed by atoms with Gasteiger partial charge in [0.1, 0.15) is 0 Å². The van der Waals surface area contributed by atoms with Gasteiger partial charge in [-0.3, -0.25) is 14.7 Å². The SMILES string of the molecule is CN=C(NCC(C)N1CCN(c2ccccc2)CC1)N1CCCC(CC(N)=O)C1.I. The van der Waals surface area contributed by atoms with Crippen LogP contribution in [0.25, 0.3) is 0 Å². The molecular formula is C22H37IN6O. The molecule has 2 saturated heterocycles. The molecule has 3 rings (SSSR count). The first-order chi connectivity index (χ1) is 14.1. The van der Waals surface area contributed by atoms with Gasteiger partial charge in [-0.05, 0) is 37.8 Å². The van der Waals surface area contributed by atoms with Crippen LogP contribution in [-0.4, -0.2) is 80.6 Å². The first-order valence-corrected chi connectivity index (χ1v) is 10.8. The second-order valence-electron chi connectivity index (χ2n) is 8.26. The Morgan fingerprint density at radius 3 is 2.53 bits per heavy atom. The summed E-state index contributed by atoms with van der Waals surface area (Å²) in [7, 11) is 1.84. The molecular weight excluding hydrogens is 491 g/mol. The Morgan fingerprint density at radius 2 is 1.90 bits per heavy atom. The fourth-order valence-electron chi connectivity index (χ4n) is 4.47. The number of rotatable bonds is 6. The first kappa shape index (κ1) is 24.7. The lowest BCUT2D eigenvalue weighted by Gasteiger charge is -2.40. The van der Waals surface area contributed by atoms with Gasteiger partial charge in [0.15, 0.2) is 5.96 Å². The highest BCUT2D eigenvalue weighted by molar-refractivity contribution is 14.0. The van der Waals surface area contributed by atoms with Crippen molar-refractivity contribution >= 4 is 41.5 Å². The number of primary amides is 1. The maximum absolute atomic E-state index is 11.3. The quantitative estimate of drug-likeness (QED) is 0.336. The summed E-state index contributed by atoms with van der Waals surface area (Å²) >= 11 is 0. The molecule has 0 radical (unpaired) electrons. The molecule has 7 nitrogen and oxygen atoms in total. The third-order valence-electron chi connectivity index (χ3n) is 6.13. The number of carbonyl (C=O) groups excluding carboxylic acids is 1. The van der Waals surface area contributed by atoms with Crippen molar-refractivity contribution in [3.63, 3.8) is 0 Å². The minimum Gasteiger partial charge on any atom is -0.370 e. The molecule has 0 aromatic heterocycles. The zero-order valence-electron chi connectivity index (χ0n) is 18.3. The van der Waals surface area contributed by atoms with Crippen LogP contribution in [0, 0.1) is 5.92 Å². The number of piperidine rings is 1. The van der Waals surface area contributed by atoms with Gasteiger partial charge in [0.2, 0.25) is 5.91 Å². The third-order valence-corrected chi connectivity index (χ3v) is 6.13. The summed E-state index contributed by atoms with van der Waals surface area (Å²) in [6.45, 7) is 9.25. The van der Waals surface area contributed by atoms with Crippen LogP contribution in [0.3, 0.4) is 0 Å². The average molecular weight is 528 g/mol. The lowest BCUT2D eigenvalue weighted by Crippen LogP contribution is -2.54. The molecule has 168 valence electrons. The summed E-state index contributed by atoms with van der Waals surface area (Å²) in [6, 6.07) is 11.1. The van der Waals surface area contributed by atoms with Gasteiger partial charge in [-0.25, -0.2) is 0 Å². The molecule has 0 bridgehead atoms. The van der Waals surface area contributed by atoms with Crippen LogP contribution in [0.1, 0.15) is 26.2 Å². The molecule has 2 aliphatic rings. The monoisotopic (exact) mass is 528 g/mol. The maximum Gasteiger partial charge on any atom is 0.217 e. The van der Waals surface area contributed by atoms with Crippen LogP contribution in [0.5, 0.6) is 0 Å². The number of benzene rings is 1. The van der Waals surface area contributed by atoms with Crippen LogP contribution in [0.15, 0.2) is 35.3 Å². The van der Waals surface area contributed by atoms with Crippen molar-refractivity contribution in [1.29, 1.82) is 0 Å². The first-order valence-electron chi connectivity index (χ1n) is 10.8. The van der Waals surface area contributed by atoms with Crippen LogP contribution in [0.4, 0.5) is 5.69 Å². The van der Waals surface area contributed by atoms with E-state index < -0.39 is 0 Å². The number of guanidine groups is 1. The Labute approximate surface area is 198 Å². The molecule has 1 amide bonds. The second kappa shape index (κ2) is 12.3. The van der Waals surface area contributed by atoms with Gasteiger partial charge in [0.25, 0.3) is 0 Å². The van der Waals surface area contributed by atoms with E-state index in [2.05, 4.69) is 62.3 Å². The zero-order chi connectivity index (χ0) is 20.6. The highest BCUT2D eigenvalue weighted by Crippen LogP contribution is 2.20. The number of carbonyl (C=O) groups is 1. The van der Waals surface area contributed by atoms with Crippen LogP contribution < -0.4 is 16.0 Å². The second-order valence-corrected chi connectivity index (χ2v) is 8.26. The van der Waals surface area contributed by atoms with Gasteiger partial charge in [-0.2, -0.15) is 0 Å². The van der Waals surface area contributed by atoms with Crippen LogP contribution in [-0.2, 0) is 4.79 Å². The maximum atomic E-state index is 11.3. The molecule has 0 aliphatic carbocycles. The summed E-state index contributed by atoms with van der Waals surface area (Å²) in [4.78, 5) is 23.0. The number of piperazine rings is 1. The summed E-state index contributed by atoms with van der Waals surface area (Å²) in [5, 5.41) is 3.56. The number of nitrogens with one attached hydrogen (secondary N) is 1. The van der Waals surface area contributed by atoms with Gasteiger partial charge in [-0.1, -0.05) is 18.2 Å². The number of para-hydroxylation sites is 1. The van der Waals surface area contributed by atoms with E-state index in [0.717, 1.165) is 64.6 Å². The number of likely N-dealkylation sites (tertiary alicyclic amines) is 1. The third kappa shape index (κ3) is 7.01. The molecule has 2 fully saturated rings. The molecule has 3 N–H and O–H groups in total. The van der Waals surface area contributed by atoms with E-state index in [-0.39, 0.29) is 29.9 Å². The topological polar surface area (TPSA) is 77.2 Å². The average Bonchev–Trinajstić information content (AvgIpc) is 2.74. The van der Waals surface area contributed by atoms with Crippen molar-refractivity contribution in [3.8, 4) is 0 Å². The molecule has 30 heavy (non-hydrogen) atoms. The number of hydrogen-bond acceptors (Lipinski definition) is 4. The van der Waals surface area contributed by atoms with Gasteiger partial charge in [0, 0.05) is 71.0 Å². The van der Waals surface area contributed by atoms with Crippen molar-refractivity contribution in [3.05, 3.63) is 30.3 Å². The summed E-state index contributed by atoms with van der Waals surface area (Å²) in [5.74, 6) is 1.07. The van der Waals surface area contributed by atoms with E-state index in [4.69, 9.17) is 5.73 Å². The van der Waals surface area contributed by atoms with Crippen LogP contribution >= 0.6 is 24.0 Å². The van der Waals surface area contributed by atoms with Crippen molar-refractivity contribution < 1.29 is 4.79 Å². The Balaban J connectivity index is 0.00000320. The Morgan fingerprint density at radius 1 is 1.20 bits per heavy atom. The van der Waals surface area contributed by atoms with E-state index in [1.54, 1.807) is 0 Å². The Hall–Kier alpha value is -1.55. The molecule has 2 aliphatic heterocycles. The molecule has 2 heterocycles. The molecule has 0 saturated carbocycles. The standard InChI is InChI=1S/C22H36N6O.HI/c1-18(26-11-13-27(14-12-26)20-8-4-3-5-9-20)16-25-22(24-2)28-10-6-7-19(17-28)15-21(23)29;/h3-5,8-9,18-19H,6-7,10-17H2,1-2H3,(H2,23,29)(H,24,25);1H. The molecule has 2 unspecified atom stereocenters. The molecule has 1 aromatic carbocycles. The van der Waals surface area contributed by atoms with Gasteiger partial charge in [-0.15, -0.1) is 24.0 Å². The van der Waals surface area contributed by atoms with E-state index in [0.29, 0.717) is 18.4 Å². The fourth-order valence-corrected chi connectivity index (χ4v) is 4.47. The number of aliphatic imine (C=N–C) groups is 1. The zero-order valence-corrected chi connectivity index (χ0v) is 20.6. The van der Waals surface area contributed by atoms with E-state index >= 15 is 0 Å². The number of hydrogen-bond donors (Lipinski definition) is 2. The van der Waals surface area contributed by atoms with Crippen molar-refractivity contribution in [2.24, 2.45) is 16.6 Å². The summed E-state index contributed by atoms with van der Waals surface area (Å²) in [6.07, 6.45) is 2.61. The number of amides is 1. The predicted octanol–water partition coefficient (Wildman–Crippen LogP) is 1.98. The Bertz CT molecular complexity index is 677. The normalized spacial score (nSPS) is 21.7. The number of halogens is 1. The molecule has 1 aromatic rings.